The molecule has 1 fully saturated rings. The molecular weight excluding hydrogens is 590 g/mol. The molecule has 6 aromatic rings. The quantitative estimate of drug-likeness (QED) is 0.174. The number of anilines is 5. The van der Waals surface area contributed by atoms with Crippen LogP contribution < -0.4 is 20.9 Å². The summed E-state index contributed by atoms with van der Waals surface area (Å²) in [5.74, 6) is -1.31. The molecule has 0 saturated carbocycles. The molecule has 0 radical (unpaired) electrons. The van der Waals surface area contributed by atoms with Crippen molar-refractivity contribution >= 4 is 46.3 Å². The van der Waals surface area contributed by atoms with Crippen molar-refractivity contribution in [1.82, 2.24) is 19.4 Å². The molecule has 0 spiro atoms. The highest BCUT2D eigenvalue weighted by Crippen LogP contribution is 2.34. The van der Waals surface area contributed by atoms with Gasteiger partial charge in [-0.25, -0.2) is 28.5 Å². The number of urea groups is 1. The van der Waals surface area contributed by atoms with E-state index in [0.717, 1.165) is 29.9 Å². The lowest BCUT2D eigenvalue weighted by molar-refractivity contribution is -0.117. The van der Waals surface area contributed by atoms with Gasteiger partial charge < -0.3 is 20.9 Å². The van der Waals surface area contributed by atoms with Crippen molar-refractivity contribution in [2.45, 2.75) is 12.8 Å². The van der Waals surface area contributed by atoms with E-state index < -0.39 is 23.4 Å². The topological polar surface area (TPSA) is 117 Å². The predicted octanol–water partition coefficient (Wildman–Crippen LogP) is 7.25. The number of nitrogens with one attached hydrogen (secondary N) is 3. The number of rotatable bonds is 7. The number of hydrogen-bond donors (Lipinski definition) is 3. The average Bonchev–Trinajstić information content (AvgIpc) is 3.67. The molecule has 7 rings (SSSR count). The first-order chi connectivity index (χ1) is 22.4. The molecule has 0 atom stereocenters. The molecule has 1 saturated heterocycles. The number of imidazole rings is 1. The summed E-state index contributed by atoms with van der Waals surface area (Å²) in [6.45, 7) is 0.691. The van der Waals surface area contributed by atoms with Gasteiger partial charge in [0.2, 0.25) is 11.9 Å². The van der Waals surface area contributed by atoms with Crippen molar-refractivity contribution < 1.29 is 18.4 Å². The molecule has 3 amide bonds. The molecule has 0 bridgehead atoms. The molecule has 3 aromatic carbocycles. The fourth-order valence-electron chi connectivity index (χ4n) is 5.43. The maximum absolute atomic E-state index is 14.1. The van der Waals surface area contributed by atoms with Gasteiger partial charge in [-0.15, -0.1) is 0 Å². The van der Waals surface area contributed by atoms with Gasteiger partial charge in [-0.1, -0.05) is 30.3 Å². The molecule has 3 N–H and O–H groups in total. The Morgan fingerprint density at radius 3 is 2.46 bits per heavy atom. The van der Waals surface area contributed by atoms with E-state index in [1.165, 1.54) is 6.07 Å². The van der Waals surface area contributed by atoms with Gasteiger partial charge in [0.25, 0.3) is 0 Å². The summed E-state index contributed by atoms with van der Waals surface area (Å²) in [5, 5.41) is 8.12. The van der Waals surface area contributed by atoms with Gasteiger partial charge in [0.1, 0.15) is 23.0 Å². The van der Waals surface area contributed by atoms with E-state index >= 15 is 0 Å². The largest absolute Gasteiger partial charge is 0.324 e. The van der Waals surface area contributed by atoms with E-state index in [1.54, 1.807) is 35.4 Å². The molecule has 10 nitrogen and oxygen atoms in total. The SMILES string of the molecule is O=C(Nc1cccc(-c2nc3ccccn3c2-c2ccnc(Nc3cccc(N4CCCC4=O)c3)n2)c1)Nc1c(F)cccc1F. The van der Waals surface area contributed by atoms with Crippen LogP contribution in [0.3, 0.4) is 0 Å². The van der Waals surface area contributed by atoms with Crippen LogP contribution in [0.25, 0.3) is 28.3 Å². The summed E-state index contributed by atoms with van der Waals surface area (Å²) < 4.78 is 30.0. The van der Waals surface area contributed by atoms with E-state index in [1.807, 2.05) is 59.1 Å². The second kappa shape index (κ2) is 12.1. The number of carbonyl (C=O) groups is 2. The summed E-state index contributed by atoms with van der Waals surface area (Å²) in [5.41, 5.74) is 4.61. The van der Waals surface area contributed by atoms with Crippen molar-refractivity contribution in [2.24, 2.45) is 0 Å². The summed E-state index contributed by atoms with van der Waals surface area (Å²) >= 11 is 0. The van der Waals surface area contributed by atoms with Crippen LogP contribution in [0.1, 0.15) is 12.8 Å². The highest BCUT2D eigenvalue weighted by Gasteiger charge is 2.22. The molecular formula is C34H26F2N8O2. The number of hydrogen-bond acceptors (Lipinski definition) is 6. The highest BCUT2D eigenvalue weighted by molar-refractivity contribution is 6.00. The van der Waals surface area contributed by atoms with E-state index in [9.17, 15) is 18.4 Å². The van der Waals surface area contributed by atoms with Crippen LogP contribution >= 0.6 is 0 Å². The summed E-state index contributed by atoms with van der Waals surface area (Å²) in [4.78, 5) is 40.8. The van der Waals surface area contributed by atoms with Gasteiger partial charge in [0.05, 0.1) is 17.1 Å². The van der Waals surface area contributed by atoms with Crippen LogP contribution in [0.4, 0.5) is 42.3 Å². The van der Waals surface area contributed by atoms with E-state index in [4.69, 9.17) is 9.97 Å². The van der Waals surface area contributed by atoms with Crippen molar-refractivity contribution in [1.29, 1.82) is 0 Å². The third-order valence-corrected chi connectivity index (χ3v) is 7.51. The number of halogens is 2. The number of amides is 3. The monoisotopic (exact) mass is 616 g/mol. The lowest BCUT2D eigenvalue weighted by Crippen LogP contribution is -2.23. The Balaban J connectivity index is 1.19. The first-order valence-electron chi connectivity index (χ1n) is 14.5. The zero-order chi connectivity index (χ0) is 31.6. The fraction of sp³-hybridized carbons (Fsp3) is 0.0882. The Morgan fingerprint density at radius 2 is 1.63 bits per heavy atom. The molecule has 1 aliphatic rings. The minimum Gasteiger partial charge on any atom is -0.324 e. The third kappa shape index (κ3) is 5.71. The van der Waals surface area contributed by atoms with Crippen LogP contribution in [0, 0.1) is 11.6 Å². The van der Waals surface area contributed by atoms with Crippen LogP contribution in [-0.4, -0.2) is 37.8 Å². The molecule has 1 aliphatic heterocycles. The van der Waals surface area contributed by atoms with Crippen LogP contribution in [0.5, 0.6) is 0 Å². The van der Waals surface area contributed by atoms with Gasteiger partial charge >= 0.3 is 6.03 Å². The number of pyridine rings is 1. The number of aromatic nitrogens is 4. The van der Waals surface area contributed by atoms with Crippen molar-refractivity contribution in [2.75, 3.05) is 27.4 Å². The van der Waals surface area contributed by atoms with Gasteiger partial charge in [0, 0.05) is 48.0 Å². The Hall–Kier alpha value is -6.17. The van der Waals surface area contributed by atoms with Gasteiger partial charge in [-0.3, -0.25) is 9.20 Å². The number of fused-ring (bicyclic) bond motifs is 1. The number of benzene rings is 3. The Bertz CT molecular complexity index is 2090. The lowest BCUT2D eigenvalue weighted by atomic mass is 10.1. The Kier molecular flexibility index (Phi) is 7.51. The smallest absolute Gasteiger partial charge is 0.323 e. The zero-order valence-electron chi connectivity index (χ0n) is 24.2. The summed E-state index contributed by atoms with van der Waals surface area (Å²) in [6, 6.07) is 24.5. The maximum atomic E-state index is 14.1. The third-order valence-electron chi connectivity index (χ3n) is 7.51. The highest BCUT2D eigenvalue weighted by atomic mass is 19.1. The second-order valence-electron chi connectivity index (χ2n) is 10.6. The normalized spacial score (nSPS) is 12.8. The first kappa shape index (κ1) is 28.6. The van der Waals surface area contributed by atoms with Crippen LogP contribution in [0.15, 0.2) is 103 Å². The molecule has 228 valence electrons. The van der Waals surface area contributed by atoms with E-state index in [0.29, 0.717) is 52.9 Å². The van der Waals surface area contributed by atoms with Crippen molar-refractivity contribution in [3.05, 3.63) is 115 Å². The number of para-hydroxylation sites is 1. The van der Waals surface area contributed by atoms with E-state index in [-0.39, 0.29) is 5.91 Å². The minimum absolute atomic E-state index is 0.106. The predicted molar refractivity (Wildman–Crippen MR) is 172 cm³/mol. The molecule has 0 unspecified atom stereocenters. The standard InChI is InChI=1S/C34H26F2N8O2/c35-25-11-5-12-26(36)31(25)42-34(46)39-22-8-3-7-21(19-22)30-32(44-17-2-1-13-28(44)41-30)27-15-16-37-33(40-27)38-23-9-4-10-24(20-23)43-18-6-14-29(43)45/h1-5,7-13,15-17,19-20H,6,14,18H2,(H,37,38,40)(H2,39,42,46). The van der Waals surface area contributed by atoms with Crippen molar-refractivity contribution in [3.8, 4) is 22.6 Å². The molecule has 3 aromatic heterocycles. The van der Waals surface area contributed by atoms with Crippen LogP contribution in [-0.2, 0) is 4.79 Å². The van der Waals surface area contributed by atoms with Gasteiger partial charge in [0.15, 0.2) is 0 Å². The average molecular weight is 617 g/mol. The molecule has 12 heteroatoms. The summed E-state index contributed by atoms with van der Waals surface area (Å²) in [7, 11) is 0. The van der Waals surface area contributed by atoms with Crippen LogP contribution in [0.2, 0.25) is 0 Å². The fourth-order valence-corrected chi connectivity index (χ4v) is 5.43. The molecule has 0 aliphatic carbocycles. The van der Waals surface area contributed by atoms with Gasteiger partial charge in [-0.2, -0.15) is 0 Å². The molecule has 46 heavy (non-hydrogen) atoms. The number of nitrogens with zero attached hydrogens (tertiary/aromatic N) is 5. The van der Waals surface area contributed by atoms with Gasteiger partial charge in [-0.05, 0) is 67.1 Å². The lowest BCUT2D eigenvalue weighted by Gasteiger charge is -2.17. The Labute approximate surface area is 261 Å². The van der Waals surface area contributed by atoms with Crippen molar-refractivity contribution in [3.63, 3.8) is 0 Å². The second-order valence-corrected chi connectivity index (χ2v) is 10.6. The number of carbonyl (C=O) groups excluding carboxylic acids is 2. The first-order valence-corrected chi connectivity index (χ1v) is 14.5. The summed E-state index contributed by atoms with van der Waals surface area (Å²) in [6.07, 6.45) is 4.91. The minimum atomic E-state index is -0.883. The maximum Gasteiger partial charge on any atom is 0.323 e. The Morgan fingerprint density at radius 1 is 0.826 bits per heavy atom. The van der Waals surface area contributed by atoms with E-state index in [2.05, 4.69) is 20.9 Å². The molecule has 4 heterocycles. The zero-order valence-corrected chi connectivity index (χ0v) is 24.2.